The highest BCUT2D eigenvalue weighted by Gasteiger charge is 2.13. The predicted octanol–water partition coefficient (Wildman–Crippen LogP) is 3.98. The van der Waals surface area contributed by atoms with Gasteiger partial charge in [-0.05, 0) is 30.3 Å². The minimum absolute atomic E-state index is 0.0889. The van der Waals surface area contributed by atoms with Crippen LogP contribution in [0.1, 0.15) is 0 Å². The number of carbonyl (C=O) groups is 1. The van der Waals surface area contributed by atoms with Crippen LogP contribution < -0.4 is 15.6 Å². The van der Waals surface area contributed by atoms with Gasteiger partial charge in [-0.1, -0.05) is 41.6 Å². The van der Waals surface area contributed by atoms with Crippen LogP contribution in [0, 0.1) is 0 Å². The van der Waals surface area contributed by atoms with E-state index in [1.165, 1.54) is 23.4 Å². The highest BCUT2D eigenvalue weighted by molar-refractivity contribution is 7.99. The van der Waals surface area contributed by atoms with Crippen LogP contribution in [-0.4, -0.2) is 28.3 Å². The summed E-state index contributed by atoms with van der Waals surface area (Å²) in [6, 6.07) is 12.1. The summed E-state index contributed by atoms with van der Waals surface area (Å²) in [5.74, 6) is 0.382. The maximum absolute atomic E-state index is 12.7. The van der Waals surface area contributed by atoms with Crippen LogP contribution in [0.25, 0.3) is 10.9 Å². The summed E-state index contributed by atoms with van der Waals surface area (Å²) < 4.78 is 6.61. The van der Waals surface area contributed by atoms with Crippen molar-refractivity contribution in [2.75, 3.05) is 18.2 Å². The fraction of sp³-hybridized carbons (Fsp3) is 0.150. The number of nitrogens with one attached hydrogen (secondary N) is 1. The molecule has 0 aliphatic carbocycles. The summed E-state index contributed by atoms with van der Waals surface area (Å²) >= 11 is 7.26. The van der Waals surface area contributed by atoms with E-state index in [1.807, 2.05) is 6.07 Å². The lowest BCUT2D eigenvalue weighted by Gasteiger charge is -2.12. The molecule has 0 fully saturated rings. The number of anilines is 1. The molecular formula is C20H18ClN3O3S. The first-order valence-corrected chi connectivity index (χ1v) is 9.76. The number of nitrogens with zero attached hydrogens (tertiary/aromatic N) is 2. The van der Waals surface area contributed by atoms with Gasteiger partial charge in [-0.2, -0.15) is 0 Å². The van der Waals surface area contributed by atoms with E-state index >= 15 is 0 Å². The van der Waals surface area contributed by atoms with Crippen molar-refractivity contribution in [3.05, 3.63) is 70.5 Å². The Morgan fingerprint density at radius 2 is 2.14 bits per heavy atom. The van der Waals surface area contributed by atoms with Gasteiger partial charge in [-0.15, -0.1) is 6.58 Å². The number of hydrogen-bond donors (Lipinski definition) is 1. The summed E-state index contributed by atoms with van der Waals surface area (Å²) in [5.41, 5.74) is 0.999. The molecule has 3 rings (SSSR count). The number of carbonyl (C=O) groups excluding carboxylic acids is 1. The maximum atomic E-state index is 12.7. The number of ether oxygens (including phenoxy) is 1. The Balaban J connectivity index is 1.78. The number of amides is 1. The van der Waals surface area contributed by atoms with Gasteiger partial charge in [0, 0.05) is 12.2 Å². The average molecular weight is 416 g/mol. The van der Waals surface area contributed by atoms with Gasteiger partial charge in [0.05, 0.1) is 28.8 Å². The Kier molecular flexibility index (Phi) is 6.38. The zero-order chi connectivity index (χ0) is 20.1. The van der Waals surface area contributed by atoms with E-state index < -0.39 is 0 Å². The van der Waals surface area contributed by atoms with Crippen molar-refractivity contribution in [3.8, 4) is 5.75 Å². The number of rotatable bonds is 7. The Morgan fingerprint density at radius 1 is 1.36 bits per heavy atom. The van der Waals surface area contributed by atoms with Crippen molar-refractivity contribution in [2.24, 2.45) is 0 Å². The number of hydrogen-bond acceptors (Lipinski definition) is 5. The minimum Gasteiger partial charge on any atom is -0.495 e. The molecule has 0 aliphatic rings. The molecule has 1 N–H and O–H groups in total. The van der Waals surface area contributed by atoms with E-state index in [0.717, 1.165) is 0 Å². The van der Waals surface area contributed by atoms with Crippen LogP contribution in [0.4, 0.5) is 5.69 Å². The summed E-state index contributed by atoms with van der Waals surface area (Å²) in [6.45, 7) is 4.01. The summed E-state index contributed by atoms with van der Waals surface area (Å²) in [6.07, 6.45) is 1.63. The van der Waals surface area contributed by atoms with E-state index in [-0.39, 0.29) is 17.2 Å². The number of methoxy groups -OCH3 is 1. The van der Waals surface area contributed by atoms with Gasteiger partial charge in [0.15, 0.2) is 5.16 Å². The first-order valence-electron chi connectivity index (χ1n) is 8.40. The number of para-hydroxylation sites is 1. The number of fused-ring (bicyclic) bond motifs is 1. The second kappa shape index (κ2) is 8.95. The monoisotopic (exact) mass is 415 g/mol. The van der Waals surface area contributed by atoms with Crippen LogP contribution in [0.5, 0.6) is 5.75 Å². The summed E-state index contributed by atoms with van der Waals surface area (Å²) in [7, 11) is 1.52. The second-order valence-electron chi connectivity index (χ2n) is 5.80. The summed E-state index contributed by atoms with van der Waals surface area (Å²) in [4.78, 5) is 29.6. The van der Waals surface area contributed by atoms with E-state index in [1.54, 1.807) is 42.5 Å². The van der Waals surface area contributed by atoms with Gasteiger partial charge in [-0.3, -0.25) is 14.2 Å². The molecule has 3 aromatic rings. The van der Waals surface area contributed by atoms with Crippen LogP contribution >= 0.6 is 23.4 Å². The van der Waals surface area contributed by atoms with Gasteiger partial charge in [0.1, 0.15) is 5.75 Å². The topological polar surface area (TPSA) is 73.2 Å². The van der Waals surface area contributed by atoms with Crippen LogP contribution in [0.3, 0.4) is 0 Å². The van der Waals surface area contributed by atoms with E-state index in [9.17, 15) is 9.59 Å². The maximum Gasteiger partial charge on any atom is 0.262 e. The number of halogens is 1. The molecule has 1 amide bonds. The van der Waals surface area contributed by atoms with Crippen molar-refractivity contribution in [3.63, 3.8) is 0 Å². The minimum atomic E-state index is -0.237. The van der Waals surface area contributed by atoms with E-state index in [0.29, 0.717) is 39.1 Å². The van der Waals surface area contributed by atoms with Gasteiger partial charge in [-0.25, -0.2) is 4.98 Å². The van der Waals surface area contributed by atoms with E-state index in [2.05, 4.69) is 16.9 Å². The van der Waals surface area contributed by atoms with E-state index in [4.69, 9.17) is 16.3 Å². The molecule has 144 valence electrons. The fourth-order valence-electron chi connectivity index (χ4n) is 2.62. The standard InChI is InChI=1S/C20H18ClN3O3S/c1-3-10-24-19(26)14-6-4-5-7-16(14)23-20(24)28-12-18(25)22-13-8-9-17(27-2)15(21)11-13/h3-9,11H,1,10,12H2,2H3,(H,22,25). The lowest BCUT2D eigenvalue weighted by Crippen LogP contribution is -2.23. The molecule has 0 unspecified atom stereocenters. The smallest absolute Gasteiger partial charge is 0.262 e. The van der Waals surface area contributed by atoms with Crippen molar-refractivity contribution in [1.82, 2.24) is 9.55 Å². The van der Waals surface area contributed by atoms with Gasteiger partial charge in [0.25, 0.3) is 5.56 Å². The molecule has 0 radical (unpaired) electrons. The number of thioether (sulfide) groups is 1. The molecule has 28 heavy (non-hydrogen) atoms. The third kappa shape index (κ3) is 4.37. The largest absolute Gasteiger partial charge is 0.495 e. The van der Waals surface area contributed by atoms with Gasteiger partial charge >= 0.3 is 0 Å². The van der Waals surface area contributed by atoms with Crippen molar-refractivity contribution >= 4 is 45.9 Å². The zero-order valence-electron chi connectivity index (χ0n) is 15.1. The third-order valence-electron chi connectivity index (χ3n) is 3.91. The number of allylic oxidation sites excluding steroid dienone is 1. The number of aromatic nitrogens is 2. The zero-order valence-corrected chi connectivity index (χ0v) is 16.7. The Hall–Kier alpha value is -2.77. The molecule has 0 bridgehead atoms. The molecule has 2 aromatic carbocycles. The lowest BCUT2D eigenvalue weighted by molar-refractivity contribution is -0.113. The average Bonchev–Trinajstić information content (AvgIpc) is 2.69. The molecule has 0 spiro atoms. The van der Waals surface area contributed by atoms with Gasteiger partial charge in [0.2, 0.25) is 5.91 Å². The normalized spacial score (nSPS) is 10.6. The highest BCUT2D eigenvalue weighted by atomic mass is 35.5. The van der Waals surface area contributed by atoms with Crippen LogP contribution in [-0.2, 0) is 11.3 Å². The molecule has 1 heterocycles. The molecule has 6 nitrogen and oxygen atoms in total. The summed E-state index contributed by atoms with van der Waals surface area (Å²) in [5, 5.41) is 4.18. The Morgan fingerprint density at radius 3 is 2.86 bits per heavy atom. The fourth-order valence-corrected chi connectivity index (χ4v) is 3.69. The van der Waals surface area contributed by atoms with Crippen LogP contribution in [0.15, 0.2) is 65.1 Å². The molecule has 0 saturated carbocycles. The first-order chi connectivity index (χ1) is 13.5. The molecular weight excluding hydrogens is 398 g/mol. The molecule has 0 atom stereocenters. The molecule has 0 saturated heterocycles. The quantitative estimate of drug-likeness (QED) is 0.359. The number of benzene rings is 2. The SMILES string of the molecule is C=CCn1c(SCC(=O)Nc2ccc(OC)c(Cl)c2)nc2ccccc2c1=O. The van der Waals surface area contributed by atoms with Crippen molar-refractivity contribution in [1.29, 1.82) is 0 Å². The van der Waals surface area contributed by atoms with Crippen molar-refractivity contribution in [2.45, 2.75) is 11.7 Å². The molecule has 0 aliphatic heterocycles. The Bertz CT molecular complexity index is 1100. The molecule has 8 heteroatoms. The second-order valence-corrected chi connectivity index (χ2v) is 7.15. The van der Waals surface area contributed by atoms with Crippen molar-refractivity contribution < 1.29 is 9.53 Å². The predicted molar refractivity (Wildman–Crippen MR) is 114 cm³/mol. The third-order valence-corrected chi connectivity index (χ3v) is 5.18. The molecule has 1 aromatic heterocycles. The highest BCUT2D eigenvalue weighted by Crippen LogP contribution is 2.27. The Labute approximate surface area is 171 Å². The van der Waals surface area contributed by atoms with Crippen LogP contribution in [0.2, 0.25) is 5.02 Å². The van der Waals surface area contributed by atoms with Gasteiger partial charge < -0.3 is 10.1 Å². The first kappa shape index (κ1) is 20.0. The lowest BCUT2D eigenvalue weighted by atomic mass is 10.2.